The maximum atomic E-state index is 13.1. The van der Waals surface area contributed by atoms with Crippen LogP contribution in [0.1, 0.15) is 57.7 Å². The van der Waals surface area contributed by atoms with Gasteiger partial charge in [-0.2, -0.15) is 0 Å². The summed E-state index contributed by atoms with van der Waals surface area (Å²) in [6.45, 7) is 3.46. The molecule has 7 nitrogen and oxygen atoms in total. The van der Waals surface area contributed by atoms with Crippen LogP contribution in [0.2, 0.25) is 0 Å². The van der Waals surface area contributed by atoms with Crippen LogP contribution in [0.25, 0.3) is 0 Å². The Morgan fingerprint density at radius 2 is 1.57 bits per heavy atom. The van der Waals surface area contributed by atoms with E-state index in [-0.39, 0.29) is 23.7 Å². The monoisotopic (exact) mass is 544 g/mol. The van der Waals surface area contributed by atoms with E-state index in [0.29, 0.717) is 30.3 Å². The van der Waals surface area contributed by atoms with Crippen molar-refractivity contribution >= 4 is 11.8 Å². The highest BCUT2D eigenvalue weighted by Gasteiger charge is 2.25. The van der Waals surface area contributed by atoms with Gasteiger partial charge in [0.2, 0.25) is 0 Å². The number of rotatable bonds is 8. The van der Waals surface area contributed by atoms with Crippen molar-refractivity contribution in [3.05, 3.63) is 95.1 Å². The molecule has 1 N–H and O–H groups in total. The minimum absolute atomic E-state index is 0.0731. The van der Waals surface area contributed by atoms with Crippen LogP contribution in [0.4, 0.5) is 4.39 Å². The van der Waals surface area contributed by atoms with E-state index in [1.807, 2.05) is 17.0 Å². The lowest BCUT2D eigenvalue weighted by Crippen LogP contribution is -2.48. The van der Waals surface area contributed by atoms with E-state index >= 15 is 0 Å². The molecule has 5 rings (SSSR count). The van der Waals surface area contributed by atoms with Gasteiger partial charge in [-0.1, -0.05) is 24.3 Å². The topological polar surface area (TPSA) is 74.8 Å². The Labute approximate surface area is 235 Å². The predicted molar refractivity (Wildman–Crippen MR) is 152 cm³/mol. The van der Waals surface area contributed by atoms with Crippen molar-refractivity contribution < 1.29 is 18.7 Å². The number of halogens is 1. The molecule has 0 spiro atoms. The molecule has 1 saturated carbocycles. The Kier molecular flexibility index (Phi) is 9.06. The van der Waals surface area contributed by atoms with E-state index in [9.17, 15) is 14.0 Å². The first-order valence-corrected chi connectivity index (χ1v) is 14.1. The van der Waals surface area contributed by atoms with Gasteiger partial charge >= 0.3 is 0 Å². The molecule has 3 aromatic rings. The molecule has 0 atom stereocenters. The van der Waals surface area contributed by atoms with Gasteiger partial charge in [0, 0.05) is 45.0 Å². The number of piperazine rings is 1. The number of ether oxygens (including phenoxy) is 1. The molecule has 40 heavy (non-hydrogen) atoms. The van der Waals surface area contributed by atoms with Crippen molar-refractivity contribution in [2.24, 2.45) is 5.92 Å². The van der Waals surface area contributed by atoms with Crippen molar-refractivity contribution in [3.8, 4) is 5.75 Å². The lowest BCUT2D eigenvalue weighted by atomic mass is 9.82. The third kappa shape index (κ3) is 7.24. The minimum Gasteiger partial charge on any atom is -0.497 e. The summed E-state index contributed by atoms with van der Waals surface area (Å²) in [7, 11) is 1.68. The Bertz CT molecular complexity index is 1270. The number of nitrogens with one attached hydrogen (secondary N) is 1. The molecule has 1 aromatic heterocycles. The molecule has 8 heteroatoms. The molecule has 2 amide bonds. The third-order valence-electron chi connectivity index (χ3n) is 8.09. The molecular formula is C32H37FN4O3. The van der Waals surface area contributed by atoms with E-state index in [4.69, 9.17) is 4.74 Å². The van der Waals surface area contributed by atoms with Crippen LogP contribution in [0.3, 0.4) is 0 Å². The first-order chi connectivity index (χ1) is 19.5. The molecule has 1 aliphatic heterocycles. The maximum Gasteiger partial charge on any atom is 0.270 e. The number of carbonyl (C=O) groups is 2. The minimum atomic E-state index is -0.236. The maximum absolute atomic E-state index is 13.1. The molecule has 210 valence electrons. The number of carbonyl (C=O) groups excluding carboxylic acids is 2. The van der Waals surface area contributed by atoms with Gasteiger partial charge in [0.1, 0.15) is 17.3 Å². The zero-order chi connectivity index (χ0) is 27.9. The van der Waals surface area contributed by atoms with Crippen LogP contribution in [-0.4, -0.2) is 65.9 Å². The molecule has 1 aliphatic carbocycles. The summed E-state index contributed by atoms with van der Waals surface area (Å²) in [5, 5.41) is 3.13. The summed E-state index contributed by atoms with van der Waals surface area (Å²) < 4.78 is 18.4. The Balaban J connectivity index is 1.05. The number of benzene rings is 2. The second-order valence-corrected chi connectivity index (χ2v) is 10.9. The molecule has 2 aliphatic rings. The second-order valence-electron chi connectivity index (χ2n) is 10.9. The van der Waals surface area contributed by atoms with E-state index in [1.54, 1.807) is 31.4 Å². The number of hydrogen-bond donors (Lipinski definition) is 1. The predicted octanol–water partition coefficient (Wildman–Crippen LogP) is 4.72. The van der Waals surface area contributed by atoms with Gasteiger partial charge in [0.25, 0.3) is 11.8 Å². The van der Waals surface area contributed by atoms with Crippen molar-refractivity contribution in [2.75, 3.05) is 33.3 Å². The highest BCUT2D eigenvalue weighted by molar-refractivity contribution is 5.96. The highest BCUT2D eigenvalue weighted by Crippen LogP contribution is 2.28. The SMILES string of the molecule is COc1ccc(CC2CCC(NC(=O)c3ccc(C(=O)N4CCN(Cc5ccc(F)cc5)CC4)cn3)CC2)cc1. The van der Waals surface area contributed by atoms with Gasteiger partial charge in [-0.25, -0.2) is 4.39 Å². The average Bonchev–Trinajstić information content (AvgIpc) is 3.00. The quantitative estimate of drug-likeness (QED) is 0.444. The van der Waals surface area contributed by atoms with E-state index in [0.717, 1.165) is 63.1 Å². The Morgan fingerprint density at radius 1 is 0.900 bits per heavy atom. The molecule has 2 fully saturated rings. The average molecular weight is 545 g/mol. The number of pyridine rings is 1. The van der Waals surface area contributed by atoms with E-state index < -0.39 is 0 Å². The van der Waals surface area contributed by atoms with Gasteiger partial charge in [0.05, 0.1) is 12.7 Å². The molecule has 0 bridgehead atoms. The second kappa shape index (κ2) is 13.0. The van der Waals surface area contributed by atoms with Crippen LogP contribution in [-0.2, 0) is 13.0 Å². The molecule has 0 unspecified atom stereocenters. The summed E-state index contributed by atoms with van der Waals surface area (Å²) in [5.74, 6) is 0.997. The van der Waals surface area contributed by atoms with Crippen molar-refractivity contribution in [2.45, 2.75) is 44.7 Å². The smallest absolute Gasteiger partial charge is 0.270 e. The van der Waals surface area contributed by atoms with Crippen molar-refractivity contribution in [1.82, 2.24) is 20.1 Å². The summed E-state index contributed by atoms with van der Waals surface area (Å²) in [6.07, 6.45) is 6.62. The van der Waals surface area contributed by atoms with Crippen LogP contribution in [0.15, 0.2) is 66.9 Å². The van der Waals surface area contributed by atoms with Crippen LogP contribution >= 0.6 is 0 Å². The first kappa shape index (κ1) is 27.8. The molecule has 2 heterocycles. The van der Waals surface area contributed by atoms with Crippen molar-refractivity contribution in [3.63, 3.8) is 0 Å². The third-order valence-corrected chi connectivity index (χ3v) is 8.09. The van der Waals surface area contributed by atoms with Gasteiger partial charge in [-0.05, 0) is 85.5 Å². The molecule has 2 aromatic carbocycles. The van der Waals surface area contributed by atoms with E-state index in [1.165, 1.54) is 23.9 Å². The van der Waals surface area contributed by atoms with Crippen molar-refractivity contribution in [1.29, 1.82) is 0 Å². The molecular weight excluding hydrogens is 507 g/mol. The normalized spacial score (nSPS) is 19.7. The summed E-state index contributed by atoms with van der Waals surface area (Å²) in [5.41, 5.74) is 3.20. The summed E-state index contributed by atoms with van der Waals surface area (Å²) in [6, 6.07) is 18.3. The number of amides is 2. The Hall–Kier alpha value is -3.78. The van der Waals surface area contributed by atoms with Crippen LogP contribution in [0, 0.1) is 11.7 Å². The van der Waals surface area contributed by atoms with E-state index in [2.05, 4.69) is 27.3 Å². The van der Waals surface area contributed by atoms with Crippen LogP contribution < -0.4 is 10.1 Å². The van der Waals surface area contributed by atoms with Gasteiger partial charge in [-0.15, -0.1) is 0 Å². The first-order valence-electron chi connectivity index (χ1n) is 14.1. The summed E-state index contributed by atoms with van der Waals surface area (Å²) >= 11 is 0. The summed E-state index contributed by atoms with van der Waals surface area (Å²) in [4.78, 5) is 34.2. The molecule has 1 saturated heterocycles. The number of methoxy groups -OCH3 is 1. The number of nitrogens with zero attached hydrogens (tertiary/aromatic N) is 3. The van der Waals surface area contributed by atoms with Gasteiger partial charge < -0.3 is 15.0 Å². The fourth-order valence-corrected chi connectivity index (χ4v) is 5.66. The lowest BCUT2D eigenvalue weighted by Gasteiger charge is -2.34. The Morgan fingerprint density at radius 3 is 2.20 bits per heavy atom. The fraction of sp³-hybridized carbons (Fsp3) is 0.406. The highest BCUT2D eigenvalue weighted by atomic mass is 19.1. The van der Waals surface area contributed by atoms with Gasteiger partial charge in [0.15, 0.2) is 0 Å². The lowest BCUT2D eigenvalue weighted by molar-refractivity contribution is 0.0627. The zero-order valence-corrected chi connectivity index (χ0v) is 23.0. The molecule has 0 radical (unpaired) electrons. The fourth-order valence-electron chi connectivity index (χ4n) is 5.66. The van der Waals surface area contributed by atoms with Gasteiger partial charge in [-0.3, -0.25) is 19.5 Å². The largest absolute Gasteiger partial charge is 0.497 e. The number of hydrogen-bond acceptors (Lipinski definition) is 5. The zero-order valence-electron chi connectivity index (χ0n) is 23.0. The van der Waals surface area contributed by atoms with Crippen LogP contribution in [0.5, 0.6) is 5.75 Å². The standard InChI is InChI=1S/C32H37FN4O3/c1-40-29-13-6-24(7-14-29)20-23-4-11-28(12-5-23)35-31(38)30-15-8-26(21-34-30)32(39)37-18-16-36(17-19-37)22-25-2-9-27(33)10-3-25/h2-3,6-10,13-15,21,23,28H,4-5,11-12,16-20,22H2,1H3,(H,35,38). The number of aromatic nitrogens is 1.